The molecule has 0 aliphatic rings. The van der Waals surface area contributed by atoms with Crippen molar-refractivity contribution < 1.29 is 4.74 Å². The number of nitrogens with zero attached hydrogens (tertiary/aromatic N) is 2. The van der Waals surface area contributed by atoms with Crippen LogP contribution in [0.25, 0.3) is 0 Å². The van der Waals surface area contributed by atoms with E-state index in [1.54, 1.807) is 18.4 Å². The Morgan fingerprint density at radius 1 is 1.29 bits per heavy atom. The topological polar surface area (TPSA) is 47.0 Å². The molecule has 0 bridgehead atoms. The highest BCUT2D eigenvalue weighted by Crippen LogP contribution is 2.11. The van der Waals surface area contributed by atoms with Gasteiger partial charge in [0.15, 0.2) is 0 Å². The summed E-state index contributed by atoms with van der Waals surface area (Å²) in [5.41, 5.74) is 0. The van der Waals surface area contributed by atoms with Crippen molar-refractivity contribution in [3.63, 3.8) is 0 Å². The number of aryl methyl sites for hydroxylation is 1. The summed E-state index contributed by atoms with van der Waals surface area (Å²) >= 11 is 1.71. The van der Waals surface area contributed by atoms with Crippen LogP contribution >= 0.6 is 11.3 Å². The summed E-state index contributed by atoms with van der Waals surface area (Å²) in [7, 11) is 3.67. The predicted octanol–water partition coefficient (Wildman–Crippen LogP) is 0.879. The second-order valence-corrected chi connectivity index (χ2v) is 4.19. The van der Waals surface area contributed by atoms with Crippen LogP contribution in [0.15, 0.2) is 0 Å². The largest absolute Gasteiger partial charge is 0.385 e. The van der Waals surface area contributed by atoms with Gasteiger partial charge in [0, 0.05) is 33.1 Å². The van der Waals surface area contributed by atoms with Crippen molar-refractivity contribution in [3.8, 4) is 0 Å². The molecule has 0 aliphatic carbocycles. The highest BCUT2D eigenvalue weighted by atomic mass is 32.1. The molecule has 0 saturated carbocycles. The van der Waals surface area contributed by atoms with Gasteiger partial charge in [0.1, 0.15) is 10.0 Å². The monoisotopic (exact) mass is 215 g/mol. The summed E-state index contributed by atoms with van der Waals surface area (Å²) in [5, 5.41) is 13.6. The van der Waals surface area contributed by atoms with Gasteiger partial charge in [0.2, 0.25) is 0 Å². The van der Waals surface area contributed by atoms with E-state index in [0.717, 1.165) is 42.4 Å². The molecule has 1 aromatic heterocycles. The summed E-state index contributed by atoms with van der Waals surface area (Å²) < 4.78 is 4.98. The SMILES string of the molecule is CNCCc1nnc(CCCOC)s1. The molecule has 0 saturated heterocycles. The first kappa shape index (κ1) is 11.6. The molecule has 1 N–H and O–H groups in total. The van der Waals surface area contributed by atoms with Crippen LogP contribution in [0.1, 0.15) is 16.4 Å². The minimum Gasteiger partial charge on any atom is -0.385 e. The standard InChI is InChI=1S/C9H17N3OS/c1-10-6-5-9-12-11-8(14-9)4-3-7-13-2/h10H,3-7H2,1-2H3. The van der Waals surface area contributed by atoms with Gasteiger partial charge in [-0.3, -0.25) is 0 Å². The Hall–Kier alpha value is -0.520. The molecule has 1 rings (SSSR count). The molecule has 0 aliphatic heterocycles. The van der Waals surface area contributed by atoms with Crippen molar-refractivity contribution in [2.75, 3.05) is 27.3 Å². The third kappa shape index (κ3) is 4.13. The summed E-state index contributed by atoms with van der Waals surface area (Å²) in [5.74, 6) is 0. The predicted molar refractivity (Wildman–Crippen MR) is 57.7 cm³/mol. The van der Waals surface area contributed by atoms with Crippen molar-refractivity contribution in [2.24, 2.45) is 0 Å². The summed E-state index contributed by atoms with van der Waals surface area (Å²) in [6.45, 7) is 1.76. The van der Waals surface area contributed by atoms with E-state index in [1.165, 1.54) is 0 Å². The number of rotatable bonds is 7. The molecule has 0 radical (unpaired) electrons. The zero-order chi connectivity index (χ0) is 10.2. The molecule has 0 spiro atoms. The van der Waals surface area contributed by atoms with E-state index in [-0.39, 0.29) is 0 Å². The van der Waals surface area contributed by atoms with E-state index in [1.807, 2.05) is 7.05 Å². The minimum absolute atomic E-state index is 0.797. The molecule has 0 aromatic carbocycles. The zero-order valence-electron chi connectivity index (χ0n) is 8.75. The maximum absolute atomic E-state index is 4.98. The van der Waals surface area contributed by atoms with Crippen LogP contribution in [-0.2, 0) is 17.6 Å². The Morgan fingerprint density at radius 2 is 2.00 bits per heavy atom. The van der Waals surface area contributed by atoms with Crippen LogP contribution in [-0.4, -0.2) is 37.5 Å². The fourth-order valence-electron chi connectivity index (χ4n) is 1.09. The van der Waals surface area contributed by atoms with Gasteiger partial charge in [-0.2, -0.15) is 0 Å². The molecule has 1 heterocycles. The molecule has 0 fully saturated rings. The molecule has 5 heteroatoms. The lowest BCUT2D eigenvalue weighted by molar-refractivity contribution is 0.195. The molecule has 0 atom stereocenters. The van der Waals surface area contributed by atoms with E-state index >= 15 is 0 Å². The Balaban J connectivity index is 2.27. The van der Waals surface area contributed by atoms with E-state index in [2.05, 4.69) is 15.5 Å². The number of likely N-dealkylation sites (N-methyl/N-ethyl adjacent to an activating group) is 1. The molecule has 1 aromatic rings. The van der Waals surface area contributed by atoms with E-state index in [9.17, 15) is 0 Å². The lowest BCUT2D eigenvalue weighted by Crippen LogP contribution is -2.09. The number of methoxy groups -OCH3 is 1. The van der Waals surface area contributed by atoms with Crippen molar-refractivity contribution >= 4 is 11.3 Å². The number of aromatic nitrogens is 2. The highest BCUT2D eigenvalue weighted by molar-refractivity contribution is 7.11. The molecule has 14 heavy (non-hydrogen) atoms. The third-order valence-corrected chi connectivity index (χ3v) is 2.88. The normalized spacial score (nSPS) is 10.7. The fourth-order valence-corrected chi connectivity index (χ4v) is 1.98. The van der Waals surface area contributed by atoms with E-state index < -0.39 is 0 Å². The van der Waals surface area contributed by atoms with Crippen molar-refractivity contribution in [1.29, 1.82) is 0 Å². The lowest BCUT2D eigenvalue weighted by atomic mass is 10.3. The maximum Gasteiger partial charge on any atom is 0.118 e. The molecule has 0 unspecified atom stereocenters. The van der Waals surface area contributed by atoms with Gasteiger partial charge in [-0.05, 0) is 13.5 Å². The first-order chi connectivity index (χ1) is 6.86. The zero-order valence-corrected chi connectivity index (χ0v) is 9.56. The molecule has 0 amide bonds. The van der Waals surface area contributed by atoms with Gasteiger partial charge in [-0.25, -0.2) is 0 Å². The van der Waals surface area contributed by atoms with Crippen LogP contribution in [0.3, 0.4) is 0 Å². The van der Waals surface area contributed by atoms with E-state index in [4.69, 9.17) is 4.74 Å². The number of hydrogen-bond acceptors (Lipinski definition) is 5. The second-order valence-electron chi connectivity index (χ2n) is 3.04. The molecule has 80 valence electrons. The number of nitrogens with one attached hydrogen (secondary N) is 1. The van der Waals surface area contributed by atoms with Crippen molar-refractivity contribution in [3.05, 3.63) is 10.0 Å². The first-order valence-corrected chi connectivity index (χ1v) is 5.63. The quantitative estimate of drug-likeness (QED) is 0.686. The van der Waals surface area contributed by atoms with Crippen LogP contribution in [0, 0.1) is 0 Å². The highest BCUT2D eigenvalue weighted by Gasteiger charge is 2.02. The Labute approximate surface area is 88.7 Å². The third-order valence-electron chi connectivity index (χ3n) is 1.84. The molecular formula is C9H17N3OS. The summed E-state index contributed by atoms with van der Waals surface area (Å²) in [4.78, 5) is 0. The van der Waals surface area contributed by atoms with Crippen LogP contribution in [0.2, 0.25) is 0 Å². The van der Waals surface area contributed by atoms with Gasteiger partial charge in [0.05, 0.1) is 0 Å². The smallest absolute Gasteiger partial charge is 0.118 e. The average molecular weight is 215 g/mol. The Kier molecular flexibility index (Phi) is 5.66. The van der Waals surface area contributed by atoms with Gasteiger partial charge in [0.25, 0.3) is 0 Å². The fraction of sp³-hybridized carbons (Fsp3) is 0.778. The number of ether oxygens (including phenoxy) is 1. The molecule has 4 nitrogen and oxygen atoms in total. The van der Waals surface area contributed by atoms with Crippen molar-refractivity contribution in [1.82, 2.24) is 15.5 Å². The van der Waals surface area contributed by atoms with E-state index in [0.29, 0.717) is 0 Å². The lowest BCUT2D eigenvalue weighted by Gasteiger charge is -1.94. The van der Waals surface area contributed by atoms with Crippen LogP contribution in [0.4, 0.5) is 0 Å². The van der Waals surface area contributed by atoms with Gasteiger partial charge < -0.3 is 10.1 Å². The summed E-state index contributed by atoms with van der Waals surface area (Å²) in [6.07, 6.45) is 2.97. The average Bonchev–Trinajstić information content (AvgIpc) is 2.63. The minimum atomic E-state index is 0.797. The van der Waals surface area contributed by atoms with Gasteiger partial charge in [-0.15, -0.1) is 21.5 Å². The molecular weight excluding hydrogens is 198 g/mol. The van der Waals surface area contributed by atoms with Gasteiger partial charge >= 0.3 is 0 Å². The number of hydrogen-bond donors (Lipinski definition) is 1. The first-order valence-electron chi connectivity index (χ1n) is 4.81. The van der Waals surface area contributed by atoms with Gasteiger partial charge in [-0.1, -0.05) is 0 Å². The van der Waals surface area contributed by atoms with Crippen LogP contribution < -0.4 is 5.32 Å². The Bertz CT molecular complexity index is 252. The Morgan fingerprint density at radius 3 is 2.64 bits per heavy atom. The van der Waals surface area contributed by atoms with Crippen LogP contribution in [0.5, 0.6) is 0 Å². The second kappa shape index (κ2) is 6.86. The van der Waals surface area contributed by atoms with Crippen molar-refractivity contribution in [2.45, 2.75) is 19.3 Å². The maximum atomic E-state index is 4.98. The summed E-state index contributed by atoms with van der Waals surface area (Å²) in [6, 6.07) is 0.